The summed E-state index contributed by atoms with van der Waals surface area (Å²) in [7, 11) is 2.05. The largest absolute Gasteiger partial charge is 0.356 e. The highest BCUT2D eigenvalue weighted by Gasteiger charge is 2.21. The van der Waals surface area contributed by atoms with Crippen molar-refractivity contribution in [3.8, 4) is 0 Å². The van der Waals surface area contributed by atoms with Gasteiger partial charge in [-0.25, -0.2) is 0 Å². The molecule has 2 rings (SSSR count). The van der Waals surface area contributed by atoms with Gasteiger partial charge >= 0.3 is 0 Å². The average Bonchev–Trinajstić information content (AvgIpc) is 2.31. The molecule has 1 unspecified atom stereocenters. The molecule has 1 aromatic carbocycles. The van der Waals surface area contributed by atoms with Crippen molar-refractivity contribution in [3.05, 3.63) is 29.8 Å². The molecular weight excluding hydrogens is 184 g/mol. The van der Waals surface area contributed by atoms with E-state index in [2.05, 4.69) is 41.4 Å². The zero-order valence-corrected chi connectivity index (χ0v) is 9.66. The molecule has 1 aliphatic heterocycles. The minimum atomic E-state index is 0.478. The Labute approximate surface area is 92.3 Å². The Bertz CT molecular complexity index is 318. The Morgan fingerprint density at radius 3 is 2.93 bits per heavy atom. The van der Waals surface area contributed by atoms with Gasteiger partial charge in [-0.05, 0) is 37.9 Å². The highest BCUT2D eigenvalue weighted by atomic mass is 15.3. The molecule has 1 atom stereocenters. The Hall–Kier alpha value is -1.02. The van der Waals surface area contributed by atoms with E-state index in [9.17, 15) is 0 Å². The molecule has 1 aliphatic rings. The molecule has 82 valence electrons. The van der Waals surface area contributed by atoms with Crippen molar-refractivity contribution in [3.63, 3.8) is 0 Å². The number of benzene rings is 1. The van der Waals surface area contributed by atoms with Gasteiger partial charge in [0.15, 0.2) is 0 Å². The molecule has 1 aromatic rings. The summed E-state index contributed by atoms with van der Waals surface area (Å²) in [5.41, 5.74) is 2.92. The quantitative estimate of drug-likeness (QED) is 0.813. The van der Waals surface area contributed by atoms with Crippen molar-refractivity contribution in [2.24, 2.45) is 0 Å². The van der Waals surface area contributed by atoms with Crippen LogP contribution in [0.15, 0.2) is 24.3 Å². The SMILES string of the molecule is CCC(NC)N1CCCc2ccccc21. The smallest absolute Gasteiger partial charge is 0.0790 e. The third kappa shape index (κ3) is 2.00. The lowest BCUT2D eigenvalue weighted by molar-refractivity contribution is 0.491. The first-order valence-corrected chi connectivity index (χ1v) is 5.88. The monoisotopic (exact) mass is 204 g/mol. The minimum Gasteiger partial charge on any atom is -0.356 e. The van der Waals surface area contributed by atoms with Crippen LogP contribution in [-0.4, -0.2) is 19.8 Å². The predicted octanol–water partition coefficient (Wildman–Crippen LogP) is 2.39. The van der Waals surface area contributed by atoms with Crippen LogP contribution in [0, 0.1) is 0 Å². The second-order valence-electron chi connectivity index (χ2n) is 4.14. The van der Waals surface area contributed by atoms with Gasteiger partial charge < -0.3 is 10.2 Å². The van der Waals surface area contributed by atoms with Gasteiger partial charge in [0.05, 0.1) is 6.17 Å². The van der Waals surface area contributed by atoms with E-state index in [1.807, 2.05) is 7.05 Å². The van der Waals surface area contributed by atoms with Gasteiger partial charge in [0.25, 0.3) is 0 Å². The fourth-order valence-corrected chi connectivity index (χ4v) is 2.47. The summed E-state index contributed by atoms with van der Waals surface area (Å²) in [5.74, 6) is 0. The number of hydrogen-bond acceptors (Lipinski definition) is 2. The lowest BCUT2D eigenvalue weighted by Crippen LogP contribution is -2.46. The molecule has 0 saturated carbocycles. The van der Waals surface area contributed by atoms with Crippen molar-refractivity contribution >= 4 is 5.69 Å². The van der Waals surface area contributed by atoms with E-state index in [-0.39, 0.29) is 0 Å². The molecule has 0 spiro atoms. The second kappa shape index (κ2) is 4.67. The van der Waals surface area contributed by atoms with Gasteiger partial charge in [-0.2, -0.15) is 0 Å². The third-order valence-corrected chi connectivity index (χ3v) is 3.24. The number of aryl methyl sites for hydroxylation is 1. The summed E-state index contributed by atoms with van der Waals surface area (Å²) in [4.78, 5) is 2.50. The van der Waals surface area contributed by atoms with E-state index in [0.717, 1.165) is 6.42 Å². The first-order chi connectivity index (χ1) is 7.36. The van der Waals surface area contributed by atoms with Crippen LogP contribution in [0.2, 0.25) is 0 Å². The number of nitrogens with zero attached hydrogens (tertiary/aromatic N) is 1. The number of nitrogens with one attached hydrogen (secondary N) is 1. The molecule has 1 heterocycles. The van der Waals surface area contributed by atoms with E-state index in [0.29, 0.717) is 6.17 Å². The first kappa shape index (κ1) is 10.5. The zero-order chi connectivity index (χ0) is 10.7. The van der Waals surface area contributed by atoms with Gasteiger partial charge in [-0.3, -0.25) is 0 Å². The van der Waals surface area contributed by atoms with Crippen LogP contribution in [0.25, 0.3) is 0 Å². The van der Waals surface area contributed by atoms with Crippen LogP contribution in [0.5, 0.6) is 0 Å². The molecule has 0 amide bonds. The molecule has 1 N–H and O–H groups in total. The summed E-state index contributed by atoms with van der Waals surface area (Å²) in [6.07, 6.45) is 4.12. The van der Waals surface area contributed by atoms with Gasteiger partial charge in [0.1, 0.15) is 0 Å². The van der Waals surface area contributed by atoms with E-state index in [4.69, 9.17) is 0 Å². The van der Waals surface area contributed by atoms with Crippen LogP contribution >= 0.6 is 0 Å². The number of fused-ring (bicyclic) bond motifs is 1. The molecule has 0 radical (unpaired) electrons. The van der Waals surface area contributed by atoms with Crippen molar-refractivity contribution in [1.29, 1.82) is 0 Å². The van der Waals surface area contributed by atoms with Crippen molar-refractivity contribution in [1.82, 2.24) is 5.32 Å². The van der Waals surface area contributed by atoms with Gasteiger partial charge in [-0.1, -0.05) is 25.1 Å². The molecule has 0 aliphatic carbocycles. The molecule has 2 heteroatoms. The van der Waals surface area contributed by atoms with Crippen LogP contribution in [0.1, 0.15) is 25.3 Å². The van der Waals surface area contributed by atoms with Gasteiger partial charge in [0.2, 0.25) is 0 Å². The lowest BCUT2D eigenvalue weighted by Gasteiger charge is -2.37. The van der Waals surface area contributed by atoms with Crippen molar-refractivity contribution in [2.75, 3.05) is 18.5 Å². The van der Waals surface area contributed by atoms with Gasteiger partial charge in [-0.15, -0.1) is 0 Å². The van der Waals surface area contributed by atoms with Crippen LogP contribution in [0.3, 0.4) is 0 Å². The molecule has 0 fully saturated rings. The standard InChI is InChI=1S/C13H20N2/c1-3-13(14-2)15-10-6-8-11-7-4-5-9-12(11)15/h4-5,7,9,13-14H,3,6,8,10H2,1-2H3. The summed E-state index contributed by atoms with van der Waals surface area (Å²) in [5, 5.41) is 3.39. The molecule has 0 saturated heterocycles. The molecule has 2 nitrogen and oxygen atoms in total. The van der Waals surface area contributed by atoms with Crippen molar-refractivity contribution < 1.29 is 0 Å². The second-order valence-corrected chi connectivity index (χ2v) is 4.14. The minimum absolute atomic E-state index is 0.478. The highest BCUT2D eigenvalue weighted by Crippen LogP contribution is 2.28. The average molecular weight is 204 g/mol. The molecule has 0 bridgehead atoms. The summed E-state index contributed by atoms with van der Waals surface area (Å²) >= 11 is 0. The number of para-hydroxylation sites is 1. The molecular formula is C13H20N2. The van der Waals surface area contributed by atoms with Crippen molar-refractivity contribution in [2.45, 2.75) is 32.4 Å². The Kier molecular flexibility index (Phi) is 3.27. The van der Waals surface area contributed by atoms with Crippen LogP contribution in [-0.2, 0) is 6.42 Å². The number of anilines is 1. The fraction of sp³-hybridized carbons (Fsp3) is 0.538. The molecule has 15 heavy (non-hydrogen) atoms. The predicted molar refractivity (Wildman–Crippen MR) is 65.2 cm³/mol. The summed E-state index contributed by atoms with van der Waals surface area (Å²) < 4.78 is 0. The first-order valence-electron chi connectivity index (χ1n) is 5.88. The topological polar surface area (TPSA) is 15.3 Å². The summed E-state index contributed by atoms with van der Waals surface area (Å²) in [6.45, 7) is 3.41. The number of hydrogen-bond donors (Lipinski definition) is 1. The van der Waals surface area contributed by atoms with Crippen LogP contribution < -0.4 is 10.2 Å². The maximum atomic E-state index is 3.39. The van der Waals surface area contributed by atoms with E-state index in [1.54, 1.807) is 0 Å². The highest BCUT2D eigenvalue weighted by molar-refractivity contribution is 5.56. The number of rotatable bonds is 3. The van der Waals surface area contributed by atoms with Gasteiger partial charge in [0, 0.05) is 12.2 Å². The Balaban J connectivity index is 2.28. The fourth-order valence-electron chi connectivity index (χ4n) is 2.47. The third-order valence-electron chi connectivity index (χ3n) is 3.24. The maximum Gasteiger partial charge on any atom is 0.0790 e. The Morgan fingerprint density at radius 2 is 2.20 bits per heavy atom. The lowest BCUT2D eigenvalue weighted by atomic mass is 10.0. The van der Waals surface area contributed by atoms with E-state index >= 15 is 0 Å². The normalized spacial score (nSPS) is 17.3. The zero-order valence-electron chi connectivity index (χ0n) is 9.66. The maximum absolute atomic E-state index is 3.39. The Morgan fingerprint density at radius 1 is 1.40 bits per heavy atom. The summed E-state index contributed by atoms with van der Waals surface area (Å²) in [6, 6.07) is 8.78. The van der Waals surface area contributed by atoms with E-state index < -0.39 is 0 Å². The van der Waals surface area contributed by atoms with E-state index in [1.165, 1.54) is 30.6 Å². The molecule has 0 aromatic heterocycles. The van der Waals surface area contributed by atoms with Crippen LogP contribution in [0.4, 0.5) is 5.69 Å².